The monoisotopic (exact) mass is 437 g/mol. The molecule has 0 amide bonds. The van der Waals surface area contributed by atoms with Gasteiger partial charge in [-0.15, -0.1) is 0 Å². The van der Waals surface area contributed by atoms with E-state index in [2.05, 4.69) is 4.90 Å². The van der Waals surface area contributed by atoms with Crippen LogP contribution < -0.4 is 14.2 Å². The second-order valence-electron chi connectivity index (χ2n) is 7.51. The zero-order chi connectivity index (χ0) is 22.6. The number of hydrogen-bond acceptors (Lipinski definition) is 5. The van der Waals surface area contributed by atoms with Crippen molar-refractivity contribution in [2.45, 2.75) is 25.6 Å². The van der Waals surface area contributed by atoms with Gasteiger partial charge in [0.05, 0.1) is 26.9 Å². The molecule has 2 aromatic carbocycles. The number of carbonyl (C=O) groups excluding carboxylic acids is 1. The van der Waals surface area contributed by atoms with Gasteiger partial charge in [-0.3, -0.25) is 9.69 Å². The minimum atomic E-state index is -4.47. The van der Waals surface area contributed by atoms with E-state index in [1.165, 1.54) is 19.2 Å². The normalized spacial score (nSPS) is 17.3. The maximum absolute atomic E-state index is 13.0. The largest absolute Gasteiger partial charge is 0.493 e. The first-order chi connectivity index (χ1) is 14.8. The molecule has 168 valence electrons. The fourth-order valence-electron chi connectivity index (χ4n) is 4.03. The quantitative estimate of drug-likeness (QED) is 0.581. The Bertz CT molecular complexity index is 930. The van der Waals surface area contributed by atoms with E-state index in [1.54, 1.807) is 20.3 Å². The van der Waals surface area contributed by atoms with Gasteiger partial charge in [0.1, 0.15) is 0 Å². The summed E-state index contributed by atoms with van der Waals surface area (Å²) in [5.74, 6) is 1.00. The van der Waals surface area contributed by atoms with Crippen LogP contribution in [-0.4, -0.2) is 45.1 Å². The molecule has 1 saturated heterocycles. The van der Waals surface area contributed by atoms with Gasteiger partial charge in [-0.05, 0) is 37.6 Å². The highest BCUT2D eigenvalue weighted by atomic mass is 19.4. The average Bonchev–Trinajstić information content (AvgIpc) is 2.77. The molecule has 0 spiro atoms. The van der Waals surface area contributed by atoms with E-state index in [9.17, 15) is 18.0 Å². The molecule has 0 aliphatic carbocycles. The number of carbonyl (C=O) groups is 1. The Morgan fingerprint density at radius 2 is 1.81 bits per heavy atom. The summed E-state index contributed by atoms with van der Waals surface area (Å²) in [4.78, 5) is 15.0. The van der Waals surface area contributed by atoms with Crippen molar-refractivity contribution in [2.75, 3.05) is 34.4 Å². The van der Waals surface area contributed by atoms with Gasteiger partial charge in [0.2, 0.25) is 5.75 Å². The topological polar surface area (TPSA) is 48.0 Å². The van der Waals surface area contributed by atoms with Crippen LogP contribution in [0.15, 0.2) is 36.4 Å². The van der Waals surface area contributed by atoms with E-state index in [0.717, 1.165) is 30.7 Å². The number of hydrogen-bond donors (Lipinski definition) is 0. The molecule has 1 fully saturated rings. The fourth-order valence-corrected chi connectivity index (χ4v) is 4.03. The maximum Gasteiger partial charge on any atom is 0.416 e. The fraction of sp³-hybridized carbons (Fsp3) is 0.435. The lowest BCUT2D eigenvalue weighted by Gasteiger charge is -2.32. The number of benzene rings is 2. The van der Waals surface area contributed by atoms with Gasteiger partial charge in [-0.1, -0.05) is 18.2 Å². The van der Waals surface area contributed by atoms with E-state index in [4.69, 9.17) is 14.2 Å². The average molecular weight is 437 g/mol. The maximum atomic E-state index is 13.0. The molecule has 1 aliphatic rings. The van der Waals surface area contributed by atoms with Crippen molar-refractivity contribution in [2.24, 2.45) is 5.92 Å². The van der Waals surface area contributed by atoms with Crippen LogP contribution in [0.2, 0.25) is 0 Å². The molecule has 1 atom stereocenters. The molecular weight excluding hydrogens is 411 g/mol. The second-order valence-corrected chi connectivity index (χ2v) is 7.51. The van der Waals surface area contributed by atoms with E-state index in [-0.39, 0.29) is 17.3 Å². The SMILES string of the molecule is COc1ccc(CN2CCCC(C(=O)c3cccc(C(F)(F)F)c3)C2)c(OC)c1OC. The zero-order valence-corrected chi connectivity index (χ0v) is 17.8. The lowest BCUT2D eigenvalue weighted by molar-refractivity contribution is -0.137. The lowest BCUT2D eigenvalue weighted by Crippen LogP contribution is -2.38. The zero-order valence-electron chi connectivity index (χ0n) is 17.8. The van der Waals surface area contributed by atoms with E-state index in [0.29, 0.717) is 36.8 Å². The lowest BCUT2D eigenvalue weighted by atomic mass is 9.89. The van der Waals surface area contributed by atoms with Gasteiger partial charge < -0.3 is 14.2 Å². The third kappa shape index (κ3) is 5.12. The molecule has 0 bridgehead atoms. The van der Waals surface area contributed by atoms with Crippen LogP contribution in [0.25, 0.3) is 0 Å². The smallest absolute Gasteiger partial charge is 0.416 e. The molecule has 0 radical (unpaired) electrons. The van der Waals surface area contributed by atoms with Gasteiger partial charge in [0.15, 0.2) is 17.3 Å². The van der Waals surface area contributed by atoms with Crippen molar-refractivity contribution in [1.82, 2.24) is 4.90 Å². The van der Waals surface area contributed by atoms with Crippen molar-refractivity contribution in [3.8, 4) is 17.2 Å². The minimum Gasteiger partial charge on any atom is -0.493 e. The van der Waals surface area contributed by atoms with Gasteiger partial charge in [0, 0.05) is 30.1 Å². The van der Waals surface area contributed by atoms with Crippen molar-refractivity contribution < 1.29 is 32.2 Å². The molecular formula is C23H26F3NO4. The Balaban J connectivity index is 1.77. The molecule has 0 aromatic heterocycles. The number of ketones is 1. The van der Waals surface area contributed by atoms with E-state index < -0.39 is 11.7 Å². The Hall–Kier alpha value is -2.74. The molecule has 1 heterocycles. The predicted octanol–water partition coefficient (Wildman–Crippen LogP) is 4.83. The van der Waals surface area contributed by atoms with Gasteiger partial charge in [0.25, 0.3) is 0 Å². The third-order valence-electron chi connectivity index (χ3n) is 5.53. The first-order valence-electron chi connectivity index (χ1n) is 10.00. The first kappa shape index (κ1) is 22.9. The molecule has 0 N–H and O–H groups in total. The number of likely N-dealkylation sites (tertiary alicyclic amines) is 1. The van der Waals surface area contributed by atoms with E-state index >= 15 is 0 Å². The van der Waals surface area contributed by atoms with Crippen LogP contribution >= 0.6 is 0 Å². The van der Waals surface area contributed by atoms with Gasteiger partial charge in [-0.2, -0.15) is 13.2 Å². The Morgan fingerprint density at radius 3 is 2.45 bits per heavy atom. The number of Topliss-reactive ketones (excluding diaryl/α,β-unsaturated/α-hetero) is 1. The molecule has 2 aromatic rings. The number of ether oxygens (including phenoxy) is 3. The summed E-state index contributed by atoms with van der Waals surface area (Å²) in [5, 5.41) is 0. The van der Waals surface area contributed by atoms with Crippen molar-refractivity contribution in [3.63, 3.8) is 0 Å². The number of alkyl halides is 3. The van der Waals surface area contributed by atoms with Crippen LogP contribution in [0.5, 0.6) is 17.2 Å². The van der Waals surface area contributed by atoms with Crippen molar-refractivity contribution in [1.29, 1.82) is 0 Å². The van der Waals surface area contributed by atoms with E-state index in [1.807, 2.05) is 6.07 Å². The van der Waals surface area contributed by atoms with Crippen molar-refractivity contribution >= 4 is 5.78 Å². The molecule has 3 rings (SSSR count). The third-order valence-corrected chi connectivity index (χ3v) is 5.53. The first-order valence-corrected chi connectivity index (χ1v) is 10.00. The standard InChI is InChI=1S/C23H26F3NO4/c1-29-19-10-9-17(21(30-2)22(19)31-3)14-27-11-5-7-16(13-27)20(28)15-6-4-8-18(12-15)23(24,25)26/h4,6,8-10,12,16H,5,7,11,13-14H2,1-3H3. The van der Waals surface area contributed by atoms with Gasteiger partial charge in [-0.25, -0.2) is 0 Å². The van der Waals surface area contributed by atoms with Crippen LogP contribution in [0.3, 0.4) is 0 Å². The Labute approximate surface area is 179 Å². The Morgan fingerprint density at radius 1 is 1.06 bits per heavy atom. The second kappa shape index (κ2) is 9.60. The number of rotatable bonds is 7. The summed E-state index contributed by atoms with van der Waals surface area (Å²) in [6.07, 6.45) is -3.04. The van der Waals surface area contributed by atoms with Crippen LogP contribution in [-0.2, 0) is 12.7 Å². The highest BCUT2D eigenvalue weighted by Gasteiger charge is 2.32. The molecule has 5 nitrogen and oxygen atoms in total. The highest BCUT2D eigenvalue weighted by molar-refractivity contribution is 5.98. The summed E-state index contributed by atoms with van der Waals surface area (Å²) < 4.78 is 55.3. The molecule has 31 heavy (non-hydrogen) atoms. The number of nitrogens with zero attached hydrogens (tertiary/aromatic N) is 1. The van der Waals surface area contributed by atoms with Crippen LogP contribution in [0.4, 0.5) is 13.2 Å². The molecule has 1 unspecified atom stereocenters. The van der Waals surface area contributed by atoms with Crippen LogP contribution in [0.1, 0.15) is 34.3 Å². The Kier molecular flexibility index (Phi) is 7.10. The minimum absolute atomic E-state index is 0.102. The summed E-state index contributed by atoms with van der Waals surface area (Å²) >= 11 is 0. The number of methoxy groups -OCH3 is 3. The molecule has 8 heteroatoms. The number of halogens is 3. The summed E-state index contributed by atoms with van der Waals surface area (Å²) in [5.41, 5.74) is 0.179. The summed E-state index contributed by atoms with van der Waals surface area (Å²) in [6, 6.07) is 8.34. The summed E-state index contributed by atoms with van der Waals surface area (Å²) in [6.45, 7) is 1.77. The van der Waals surface area contributed by atoms with Gasteiger partial charge >= 0.3 is 6.18 Å². The highest BCUT2D eigenvalue weighted by Crippen LogP contribution is 2.40. The number of piperidine rings is 1. The molecule has 0 saturated carbocycles. The predicted molar refractivity (Wildman–Crippen MR) is 110 cm³/mol. The molecule has 1 aliphatic heterocycles. The summed E-state index contributed by atoms with van der Waals surface area (Å²) in [7, 11) is 4.64. The van der Waals surface area contributed by atoms with Crippen molar-refractivity contribution in [3.05, 3.63) is 53.1 Å². The van der Waals surface area contributed by atoms with Crippen LogP contribution in [0, 0.1) is 5.92 Å².